The summed E-state index contributed by atoms with van der Waals surface area (Å²) in [4.78, 5) is 25.4. The maximum absolute atomic E-state index is 13.6. The number of thiazole rings is 1. The zero-order chi connectivity index (χ0) is 25.2. The number of aliphatic hydroxyl groups is 1. The second-order valence-corrected chi connectivity index (χ2v) is 11.5. The average Bonchev–Trinajstić information content (AvgIpc) is 3.36. The minimum Gasteiger partial charge on any atom is -0.391 e. The maximum Gasteiger partial charge on any atom is 0.240 e. The van der Waals surface area contributed by atoms with Crippen LogP contribution in [0.15, 0.2) is 36.1 Å². The SMILES string of the molecule is C=C(N[C@@H](C)c1ccc(-c2scnc2C)nc1)[C@@H]1C[C@@H](O)CN1C(=O)[C@@H](NC(C)C)C(C)(C)C. The van der Waals surface area contributed by atoms with Gasteiger partial charge in [-0.05, 0) is 30.9 Å². The third-order valence-corrected chi connectivity index (χ3v) is 7.19. The molecule has 186 valence electrons. The smallest absolute Gasteiger partial charge is 0.240 e. The Hall–Kier alpha value is -2.29. The molecule has 0 bridgehead atoms. The van der Waals surface area contributed by atoms with Crippen LogP contribution in [0.2, 0.25) is 0 Å². The van der Waals surface area contributed by atoms with Crippen LogP contribution < -0.4 is 10.6 Å². The number of aryl methyl sites for hydroxylation is 1. The molecule has 3 heterocycles. The summed E-state index contributed by atoms with van der Waals surface area (Å²) in [5.41, 5.74) is 5.23. The summed E-state index contributed by atoms with van der Waals surface area (Å²) in [6.07, 6.45) is 1.78. The molecule has 1 amide bonds. The van der Waals surface area contributed by atoms with Crippen molar-refractivity contribution < 1.29 is 9.90 Å². The molecule has 3 rings (SSSR count). The van der Waals surface area contributed by atoms with Crippen molar-refractivity contribution in [3.8, 4) is 10.6 Å². The molecule has 1 fully saturated rings. The number of aromatic nitrogens is 2. The molecule has 8 heteroatoms. The van der Waals surface area contributed by atoms with Crippen molar-refractivity contribution in [2.75, 3.05) is 6.54 Å². The van der Waals surface area contributed by atoms with Crippen LogP contribution in [0.25, 0.3) is 10.6 Å². The highest BCUT2D eigenvalue weighted by molar-refractivity contribution is 7.13. The highest BCUT2D eigenvalue weighted by Gasteiger charge is 2.42. The van der Waals surface area contributed by atoms with Crippen molar-refractivity contribution in [3.63, 3.8) is 0 Å². The number of amides is 1. The number of rotatable bonds is 8. The monoisotopic (exact) mass is 485 g/mol. The number of β-amino-alcohol motifs (C(OH)–C–C–N with tert-alkyl or cyclic N) is 1. The Morgan fingerprint density at radius 2 is 1.97 bits per heavy atom. The zero-order valence-corrected chi connectivity index (χ0v) is 22.2. The van der Waals surface area contributed by atoms with E-state index in [2.05, 4.69) is 60.9 Å². The van der Waals surface area contributed by atoms with Crippen LogP contribution in [-0.2, 0) is 4.79 Å². The van der Waals surface area contributed by atoms with Crippen molar-refractivity contribution in [2.45, 2.75) is 85.2 Å². The quantitative estimate of drug-likeness (QED) is 0.523. The molecule has 0 radical (unpaired) electrons. The molecular formula is C26H39N5O2S. The summed E-state index contributed by atoms with van der Waals surface area (Å²) in [6.45, 7) is 18.9. The lowest BCUT2D eigenvalue weighted by molar-refractivity contribution is -0.137. The number of carbonyl (C=O) groups is 1. The van der Waals surface area contributed by atoms with Gasteiger partial charge < -0.3 is 20.6 Å². The Morgan fingerprint density at radius 1 is 1.26 bits per heavy atom. The van der Waals surface area contributed by atoms with Gasteiger partial charge in [0.25, 0.3) is 0 Å². The van der Waals surface area contributed by atoms with Crippen LogP contribution in [0, 0.1) is 12.3 Å². The molecule has 34 heavy (non-hydrogen) atoms. The Morgan fingerprint density at radius 3 is 2.50 bits per heavy atom. The van der Waals surface area contributed by atoms with Gasteiger partial charge in [-0.3, -0.25) is 9.78 Å². The Balaban J connectivity index is 1.72. The van der Waals surface area contributed by atoms with E-state index in [1.165, 1.54) is 0 Å². The molecule has 0 saturated carbocycles. The number of pyridine rings is 1. The molecule has 7 nitrogen and oxygen atoms in total. The van der Waals surface area contributed by atoms with E-state index in [0.717, 1.165) is 27.5 Å². The molecule has 1 aliphatic heterocycles. The molecule has 1 saturated heterocycles. The number of hydrogen-bond donors (Lipinski definition) is 3. The molecule has 2 aromatic rings. The minimum atomic E-state index is -0.564. The molecule has 3 N–H and O–H groups in total. The molecule has 0 aromatic carbocycles. The van der Waals surface area contributed by atoms with Gasteiger partial charge in [0, 0.05) is 36.9 Å². The summed E-state index contributed by atoms with van der Waals surface area (Å²) < 4.78 is 0. The Kier molecular flexibility index (Phi) is 8.16. The van der Waals surface area contributed by atoms with E-state index in [9.17, 15) is 9.90 Å². The molecule has 1 aliphatic rings. The Bertz CT molecular complexity index is 995. The number of likely N-dealkylation sites (tertiary alicyclic amines) is 1. The van der Waals surface area contributed by atoms with Crippen molar-refractivity contribution in [1.82, 2.24) is 25.5 Å². The summed E-state index contributed by atoms with van der Waals surface area (Å²) in [5.74, 6) is 0.00398. The first-order valence-electron chi connectivity index (χ1n) is 11.9. The van der Waals surface area contributed by atoms with Gasteiger partial charge in [-0.15, -0.1) is 11.3 Å². The lowest BCUT2D eigenvalue weighted by Crippen LogP contribution is -2.56. The summed E-state index contributed by atoms with van der Waals surface area (Å²) >= 11 is 1.59. The van der Waals surface area contributed by atoms with Gasteiger partial charge in [0.05, 0.1) is 40.0 Å². The van der Waals surface area contributed by atoms with Crippen LogP contribution in [0.5, 0.6) is 0 Å². The van der Waals surface area contributed by atoms with E-state index >= 15 is 0 Å². The summed E-state index contributed by atoms with van der Waals surface area (Å²) in [5, 5.41) is 17.3. The predicted molar refractivity (Wildman–Crippen MR) is 138 cm³/mol. The highest BCUT2D eigenvalue weighted by Crippen LogP contribution is 2.30. The Labute approximate surface area is 207 Å². The van der Waals surface area contributed by atoms with Gasteiger partial charge in [0.2, 0.25) is 5.91 Å². The fourth-order valence-electron chi connectivity index (χ4n) is 4.38. The van der Waals surface area contributed by atoms with Crippen LogP contribution in [0.3, 0.4) is 0 Å². The first-order chi connectivity index (χ1) is 15.9. The van der Waals surface area contributed by atoms with Crippen molar-refractivity contribution in [1.29, 1.82) is 0 Å². The van der Waals surface area contributed by atoms with Crippen molar-refractivity contribution in [3.05, 3.63) is 47.4 Å². The van der Waals surface area contributed by atoms with Crippen LogP contribution in [0.1, 0.15) is 65.3 Å². The number of nitrogens with zero attached hydrogens (tertiary/aromatic N) is 3. The van der Waals surface area contributed by atoms with E-state index in [1.807, 2.05) is 38.5 Å². The maximum atomic E-state index is 13.6. The highest BCUT2D eigenvalue weighted by atomic mass is 32.1. The van der Waals surface area contributed by atoms with E-state index in [1.54, 1.807) is 16.2 Å². The fourth-order valence-corrected chi connectivity index (χ4v) is 5.16. The summed E-state index contributed by atoms with van der Waals surface area (Å²) in [6, 6.07) is 3.58. The normalized spacial score (nSPS) is 20.4. The number of aliphatic hydroxyl groups excluding tert-OH is 1. The van der Waals surface area contributed by atoms with Gasteiger partial charge in [-0.2, -0.15) is 0 Å². The van der Waals surface area contributed by atoms with Crippen LogP contribution in [0.4, 0.5) is 0 Å². The van der Waals surface area contributed by atoms with Crippen LogP contribution in [-0.4, -0.2) is 56.7 Å². The van der Waals surface area contributed by atoms with Crippen molar-refractivity contribution >= 4 is 17.2 Å². The number of carbonyl (C=O) groups excluding carboxylic acids is 1. The molecule has 4 atom stereocenters. The standard InChI is InChI=1S/C26H39N5O2S/c1-15(2)29-24(26(6,7)8)25(33)31-13-20(32)11-22(31)17(4)30-16(3)19-9-10-21(27-12-19)23-18(5)28-14-34-23/h9-10,12,14-16,20,22,24,29-30,32H,4,11,13H2,1-3,5-8H3/t16-,20+,22-,24+/m0/s1. The van der Waals surface area contributed by atoms with Gasteiger partial charge in [-0.1, -0.05) is 47.3 Å². The van der Waals surface area contributed by atoms with Crippen molar-refractivity contribution in [2.24, 2.45) is 5.41 Å². The molecule has 0 spiro atoms. The molecule has 0 unspecified atom stereocenters. The van der Waals surface area contributed by atoms with E-state index in [-0.39, 0.29) is 35.5 Å². The van der Waals surface area contributed by atoms with Gasteiger partial charge in [-0.25, -0.2) is 4.98 Å². The molecule has 0 aliphatic carbocycles. The minimum absolute atomic E-state index is 0.00398. The summed E-state index contributed by atoms with van der Waals surface area (Å²) in [7, 11) is 0. The first kappa shape index (κ1) is 26.3. The zero-order valence-electron chi connectivity index (χ0n) is 21.4. The van der Waals surface area contributed by atoms with Crippen LogP contribution >= 0.6 is 11.3 Å². The lowest BCUT2D eigenvalue weighted by atomic mass is 9.85. The second-order valence-electron chi connectivity index (χ2n) is 10.7. The molecule has 2 aromatic heterocycles. The van der Waals surface area contributed by atoms with E-state index in [4.69, 9.17) is 0 Å². The van der Waals surface area contributed by atoms with E-state index < -0.39 is 6.10 Å². The number of nitrogens with one attached hydrogen (secondary N) is 2. The second kappa shape index (κ2) is 10.5. The molecular weight excluding hydrogens is 446 g/mol. The van der Waals surface area contributed by atoms with Gasteiger partial charge >= 0.3 is 0 Å². The van der Waals surface area contributed by atoms with Gasteiger partial charge in [0.15, 0.2) is 0 Å². The average molecular weight is 486 g/mol. The van der Waals surface area contributed by atoms with Gasteiger partial charge in [0.1, 0.15) is 0 Å². The lowest BCUT2D eigenvalue weighted by Gasteiger charge is -2.37. The third kappa shape index (κ3) is 6.03. The number of hydrogen-bond acceptors (Lipinski definition) is 7. The van der Waals surface area contributed by atoms with E-state index in [0.29, 0.717) is 13.0 Å². The first-order valence-corrected chi connectivity index (χ1v) is 12.8. The fraction of sp³-hybridized carbons (Fsp3) is 0.577. The largest absolute Gasteiger partial charge is 0.391 e. The topological polar surface area (TPSA) is 90.4 Å². The predicted octanol–water partition coefficient (Wildman–Crippen LogP) is 4.05. The third-order valence-electron chi connectivity index (χ3n) is 6.24.